The van der Waals surface area contributed by atoms with E-state index >= 15 is 0 Å². The predicted molar refractivity (Wildman–Crippen MR) is 83.1 cm³/mol. The minimum absolute atomic E-state index is 0.0238. The molecule has 1 aliphatic carbocycles. The van der Waals surface area contributed by atoms with Gasteiger partial charge in [-0.15, -0.1) is 0 Å². The molecule has 1 fully saturated rings. The molecule has 116 valence electrons. The maximum absolute atomic E-state index is 12.6. The summed E-state index contributed by atoms with van der Waals surface area (Å²) in [6.07, 6.45) is 6.63. The second-order valence-corrected chi connectivity index (χ2v) is 5.74. The Bertz CT molecular complexity index is 725. The first-order chi connectivity index (χ1) is 11.0. The van der Waals surface area contributed by atoms with Crippen molar-refractivity contribution in [1.82, 2.24) is 4.90 Å². The number of amides is 1. The van der Waals surface area contributed by atoms with Crippen LogP contribution >= 0.6 is 0 Å². The summed E-state index contributed by atoms with van der Waals surface area (Å²) in [5, 5.41) is 8.82. The van der Waals surface area contributed by atoms with Crippen LogP contribution in [0.1, 0.15) is 11.1 Å². The fourth-order valence-electron chi connectivity index (χ4n) is 2.83. The maximum atomic E-state index is 12.6. The fourth-order valence-corrected chi connectivity index (χ4v) is 2.83. The van der Waals surface area contributed by atoms with E-state index in [1.165, 1.54) is 17.1 Å². The lowest BCUT2D eigenvalue weighted by atomic mass is 9.93. The molecule has 0 radical (unpaired) electrons. The molecule has 1 atom stereocenters. The van der Waals surface area contributed by atoms with E-state index in [0.29, 0.717) is 12.0 Å². The second kappa shape index (κ2) is 5.82. The molecule has 1 heterocycles. The average molecular weight is 308 g/mol. The molecular formula is C18H16N2O3. The molecule has 1 saturated heterocycles. The number of hydrogen-bond donors (Lipinski definition) is 0. The van der Waals surface area contributed by atoms with E-state index in [2.05, 4.69) is 6.07 Å². The van der Waals surface area contributed by atoms with Crippen molar-refractivity contribution in [3.8, 4) is 6.07 Å². The van der Waals surface area contributed by atoms with Crippen molar-refractivity contribution in [2.45, 2.75) is 12.1 Å². The number of nitrogens with zero attached hydrogens (tertiary/aromatic N) is 2. The normalized spacial score (nSPS) is 22.4. The summed E-state index contributed by atoms with van der Waals surface area (Å²) >= 11 is 0. The summed E-state index contributed by atoms with van der Waals surface area (Å²) in [6.45, 7) is 0.284. The number of allylic oxidation sites excluding steroid dienone is 2. The van der Waals surface area contributed by atoms with Gasteiger partial charge in [0, 0.05) is 7.05 Å². The number of carbonyl (C=O) groups is 2. The Morgan fingerprint density at radius 3 is 2.52 bits per heavy atom. The van der Waals surface area contributed by atoms with E-state index in [1.807, 2.05) is 12.1 Å². The highest BCUT2D eigenvalue weighted by Crippen LogP contribution is 2.31. The minimum atomic E-state index is -0.952. The Morgan fingerprint density at radius 2 is 1.91 bits per heavy atom. The fraction of sp³-hybridized carbons (Fsp3) is 0.278. The number of hydrogen-bond acceptors (Lipinski definition) is 4. The molecule has 1 aromatic carbocycles. The van der Waals surface area contributed by atoms with Crippen molar-refractivity contribution in [2.24, 2.45) is 5.92 Å². The van der Waals surface area contributed by atoms with E-state index in [0.717, 1.165) is 5.56 Å². The SMILES string of the molecule is CN1C(=O)[C@@H](Cc2ccc(C#N)cc2)COC12C=CC(=O)C=C2. The molecule has 1 amide bonds. The number of likely N-dealkylation sites (N-methyl/N-ethyl adjacent to an activating group) is 1. The Kier molecular flexibility index (Phi) is 3.85. The van der Waals surface area contributed by atoms with Gasteiger partial charge in [0.05, 0.1) is 24.2 Å². The molecule has 0 saturated carbocycles. The van der Waals surface area contributed by atoms with Gasteiger partial charge in [-0.25, -0.2) is 0 Å². The lowest BCUT2D eigenvalue weighted by molar-refractivity contribution is -0.175. The van der Waals surface area contributed by atoms with Gasteiger partial charge in [0.15, 0.2) is 11.5 Å². The van der Waals surface area contributed by atoms with Gasteiger partial charge in [-0.05, 0) is 48.4 Å². The molecule has 2 aliphatic rings. The molecule has 3 rings (SSSR count). The molecule has 23 heavy (non-hydrogen) atoms. The van der Waals surface area contributed by atoms with Gasteiger partial charge in [-0.2, -0.15) is 5.26 Å². The lowest BCUT2D eigenvalue weighted by Crippen LogP contribution is -2.57. The largest absolute Gasteiger partial charge is 0.347 e. The zero-order chi connectivity index (χ0) is 16.4. The van der Waals surface area contributed by atoms with Crippen LogP contribution in [0.4, 0.5) is 0 Å². The molecule has 1 spiro atoms. The zero-order valence-corrected chi connectivity index (χ0v) is 12.7. The third kappa shape index (κ3) is 2.81. The van der Waals surface area contributed by atoms with Crippen LogP contribution in [0.2, 0.25) is 0 Å². The lowest BCUT2D eigenvalue weighted by Gasteiger charge is -2.44. The van der Waals surface area contributed by atoms with Gasteiger partial charge in [0.25, 0.3) is 0 Å². The van der Waals surface area contributed by atoms with Crippen LogP contribution in [-0.4, -0.2) is 36.0 Å². The summed E-state index contributed by atoms with van der Waals surface area (Å²) in [5.41, 5.74) is 0.630. The van der Waals surface area contributed by atoms with Crippen molar-refractivity contribution >= 4 is 11.7 Å². The Morgan fingerprint density at radius 1 is 1.26 bits per heavy atom. The van der Waals surface area contributed by atoms with Gasteiger partial charge in [-0.1, -0.05) is 12.1 Å². The Balaban J connectivity index is 1.74. The number of benzene rings is 1. The molecule has 5 heteroatoms. The number of ether oxygens (including phenoxy) is 1. The van der Waals surface area contributed by atoms with Crippen LogP contribution in [0.15, 0.2) is 48.6 Å². The maximum Gasteiger partial charge on any atom is 0.230 e. The summed E-state index contributed by atoms with van der Waals surface area (Å²) in [4.78, 5) is 25.5. The summed E-state index contributed by atoms with van der Waals surface area (Å²) < 4.78 is 5.89. The first kappa shape index (κ1) is 15.2. The molecule has 0 aromatic heterocycles. The van der Waals surface area contributed by atoms with Crippen LogP contribution in [0.5, 0.6) is 0 Å². The van der Waals surface area contributed by atoms with Crippen molar-refractivity contribution in [3.05, 3.63) is 59.7 Å². The Hall–Kier alpha value is -2.71. The van der Waals surface area contributed by atoms with Crippen LogP contribution in [0.3, 0.4) is 0 Å². The van der Waals surface area contributed by atoms with Crippen LogP contribution in [0.25, 0.3) is 0 Å². The highest BCUT2D eigenvalue weighted by atomic mass is 16.5. The molecule has 0 bridgehead atoms. The quantitative estimate of drug-likeness (QED) is 0.832. The molecular weight excluding hydrogens is 292 g/mol. The zero-order valence-electron chi connectivity index (χ0n) is 12.7. The third-order valence-electron chi connectivity index (χ3n) is 4.26. The molecule has 1 aromatic rings. The number of nitriles is 1. The van der Waals surface area contributed by atoms with Gasteiger partial charge >= 0.3 is 0 Å². The molecule has 0 N–H and O–H groups in total. The van der Waals surface area contributed by atoms with Crippen LogP contribution in [-0.2, 0) is 20.7 Å². The van der Waals surface area contributed by atoms with Gasteiger partial charge < -0.3 is 9.64 Å². The highest BCUT2D eigenvalue weighted by Gasteiger charge is 2.43. The summed E-state index contributed by atoms with van der Waals surface area (Å²) in [5.74, 6) is -0.415. The number of ketones is 1. The first-order valence-corrected chi connectivity index (χ1v) is 7.37. The van der Waals surface area contributed by atoms with Crippen molar-refractivity contribution in [1.29, 1.82) is 5.26 Å². The van der Waals surface area contributed by atoms with Crippen molar-refractivity contribution in [3.63, 3.8) is 0 Å². The van der Waals surface area contributed by atoms with Gasteiger partial charge in [0.2, 0.25) is 5.91 Å². The smallest absolute Gasteiger partial charge is 0.230 e. The van der Waals surface area contributed by atoms with E-state index in [-0.39, 0.29) is 24.2 Å². The predicted octanol–water partition coefficient (Wildman–Crippen LogP) is 1.60. The monoisotopic (exact) mass is 308 g/mol. The first-order valence-electron chi connectivity index (χ1n) is 7.37. The third-order valence-corrected chi connectivity index (χ3v) is 4.26. The molecule has 1 aliphatic heterocycles. The molecule has 5 nitrogen and oxygen atoms in total. The van der Waals surface area contributed by atoms with Crippen LogP contribution in [0, 0.1) is 17.2 Å². The Labute approximate surface area is 134 Å². The standard InChI is InChI=1S/C18H16N2O3/c1-20-17(22)15(10-13-2-4-14(11-19)5-3-13)12-23-18(20)8-6-16(21)7-9-18/h2-9,15H,10,12H2,1H3/t15-/m0/s1. The average Bonchev–Trinajstić information content (AvgIpc) is 2.58. The number of rotatable bonds is 2. The topological polar surface area (TPSA) is 70.4 Å². The van der Waals surface area contributed by atoms with E-state index in [9.17, 15) is 9.59 Å². The summed E-state index contributed by atoms with van der Waals surface area (Å²) in [7, 11) is 1.68. The highest BCUT2D eigenvalue weighted by molar-refractivity contribution is 6.00. The second-order valence-electron chi connectivity index (χ2n) is 5.74. The van der Waals surface area contributed by atoms with Crippen molar-refractivity contribution < 1.29 is 14.3 Å². The summed E-state index contributed by atoms with van der Waals surface area (Å²) in [6, 6.07) is 9.27. The van der Waals surface area contributed by atoms with E-state index in [4.69, 9.17) is 10.00 Å². The van der Waals surface area contributed by atoms with Crippen LogP contribution < -0.4 is 0 Å². The minimum Gasteiger partial charge on any atom is -0.347 e. The van der Waals surface area contributed by atoms with E-state index in [1.54, 1.807) is 31.3 Å². The molecule has 0 unspecified atom stereocenters. The van der Waals surface area contributed by atoms with Gasteiger partial charge in [-0.3, -0.25) is 9.59 Å². The van der Waals surface area contributed by atoms with Gasteiger partial charge in [0.1, 0.15) is 0 Å². The van der Waals surface area contributed by atoms with E-state index < -0.39 is 5.72 Å². The van der Waals surface area contributed by atoms with Crippen molar-refractivity contribution in [2.75, 3.05) is 13.7 Å². The number of carbonyl (C=O) groups excluding carboxylic acids is 2.